The Bertz CT molecular complexity index is 585. The van der Waals surface area contributed by atoms with E-state index in [1.54, 1.807) is 7.05 Å². The van der Waals surface area contributed by atoms with Crippen LogP contribution in [0.4, 0.5) is 5.69 Å². The summed E-state index contributed by atoms with van der Waals surface area (Å²) in [6.07, 6.45) is 2.64. The number of anilines is 1. The van der Waals surface area contributed by atoms with E-state index in [2.05, 4.69) is 41.0 Å². The van der Waals surface area contributed by atoms with Gasteiger partial charge in [-0.05, 0) is 43.7 Å². The molecular weight excluding hydrogens is 332 g/mol. The van der Waals surface area contributed by atoms with E-state index in [1.165, 1.54) is 0 Å². The smallest absolute Gasteiger partial charge is 0.224 e. The van der Waals surface area contributed by atoms with Gasteiger partial charge in [0, 0.05) is 37.0 Å². The largest absolute Gasteiger partial charge is 0.355 e. The van der Waals surface area contributed by atoms with E-state index in [0.717, 1.165) is 23.8 Å². The van der Waals surface area contributed by atoms with Gasteiger partial charge in [0.1, 0.15) is 0 Å². The van der Waals surface area contributed by atoms with Crippen LogP contribution in [-0.2, 0) is 11.3 Å². The quantitative estimate of drug-likeness (QED) is 0.488. The van der Waals surface area contributed by atoms with Gasteiger partial charge in [0.2, 0.25) is 5.91 Å². The molecule has 1 amide bonds. The van der Waals surface area contributed by atoms with Gasteiger partial charge in [-0.25, -0.2) is 0 Å². The highest BCUT2D eigenvalue weighted by Gasteiger charge is 2.16. The molecule has 0 aliphatic carbocycles. The minimum absolute atomic E-state index is 0.0527. The molecule has 3 N–H and O–H groups in total. The van der Waals surface area contributed by atoms with E-state index < -0.39 is 0 Å². The number of hydrogen-bond donors (Lipinski definition) is 3. The predicted octanol–water partition coefficient (Wildman–Crippen LogP) is 3.48. The molecule has 0 aromatic heterocycles. The molecule has 0 bridgehead atoms. The number of hydrogen-bond acceptors (Lipinski definition) is 3. The average Bonchev–Trinajstić information content (AvgIpc) is 2.54. The van der Waals surface area contributed by atoms with Crippen molar-refractivity contribution in [2.75, 3.05) is 25.2 Å². The first-order valence-corrected chi connectivity index (χ1v) is 9.86. The molecule has 1 rings (SSSR count). The lowest BCUT2D eigenvalue weighted by Crippen LogP contribution is -2.42. The molecule has 25 heavy (non-hydrogen) atoms. The first kappa shape index (κ1) is 21.4. The standard InChI is InChI=1S/C19H32N4OS/c1-14(2)10-17(24)23-16-9-7-8-15(11-16)12-21-18(20-5)22-13-19(3,4)25-6/h7-9,11,14H,10,12-13H2,1-6H3,(H,23,24)(H2,20,21,22). The Labute approximate surface area is 156 Å². The van der Waals surface area contributed by atoms with Crippen LogP contribution in [0.2, 0.25) is 0 Å². The van der Waals surface area contributed by atoms with E-state index in [1.807, 2.05) is 49.9 Å². The van der Waals surface area contributed by atoms with Gasteiger partial charge in [-0.15, -0.1) is 0 Å². The maximum atomic E-state index is 11.9. The molecule has 0 radical (unpaired) electrons. The predicted molar refractivity (Wildman–Crippen MR) is 110 cm³/mol. The van der Waals surface area contributed by atoms with Crippen LogP contribution in [-0.4, -0.2) is 36.5 Å². The van der Waals surface area contributed by atoms with E-state index >= 15 is 0 Å². The number of amides is 1. The summed E-state index contributed by atoms with van der Waals surface area (Å²) >= 11 is 1.82. The molecule has 0 heterocycles. The van der Waals surface area contributed by atoms with Crippen LogP contribution in [0.15, 0.2) is 29.3 Å². The normalized spacial score (nSPS) is 12.2. The fraction of sp³-hybridized carbons (Fsp3) is 0.579. The number of carbonyl (C=O) groups is 1. The van der Waals surface area contributed by atoms with Crippen LogP contribution in [0.3, 0.4) is 0 Å². The molecule has 0 unspecified atom stereocenters. The molecule has 0 atom stereocenters. The van der Waals surface area contributed by atoms with Crippen molar-refractivity contribution in [2.24, 2.45) is 10.9 Å². The summed E-state index contributed by atoms with van der Waals surface area (Å²) in [5.74, 6) is 1.18. The number of carbonyl (C=O) groups excluding carboxylic acids is 1. The fourth-order valence-electron chi connectivity index (χ4n) is 2.12. The highest BCUT2D eigenvalue weighted by Crippen LogP contribution is 2.19. The Balaban J connectivity index is 2.56. The Hall–Kier alpha value is -1.69. The molecule has 1 aromatic carbocycles. The molecule has 0 aliphatic rings. The highest BCUT2D eigenvalue weighted by atomic mass is 32.2. The molecule has 1 aromatic rings. The van der Waals surface area contributed by atoms with E-state index in [4.69, 9.17) is 0 Å². The number of guanidine groups is 1. The zero-order chi connectivity index (χ0) is 18.9. The Morgan fingerprint density at radius 3 is 2.60 bits per heavy atom. The van der Waals surface area contributed by atoms with Crippen LogP contribution in [0.25, 0.3) is 0 Å². The Kier molecular flexibility index (Phi) is 8.83. The number of aliphatic imine (C=N–C) groups is 1. The number of rotatable bonds is 8. The van der Waals surface area contributed by atoms with Gasteiger partial charge in [0.15, 0.2) is 5.96 Å². The highest BCUT2D eigenvalue weighted by molar-refractivity contribution is 7.99. The summed E-state index contributed by atoms with van der Waals surface area (Å²) < 4.78 is 0.151. The van der Waals surface area contributed by atoms with E-state index in [-0.39, 0.29) is 10.7 Å². The van der Waals surface area contributed by atoms with Gasteiger partial charge in [0.05, 0.1) is 0 Å². The second-order valence-electron chi connectivity index (χ2n) is 7.09. The minimum atomic E-state index is 0.0527. The lowest BCUT2D eigenvalue weighted by atomic mass is 10.1. The van der Waals surface area contributed by atoms with Gasteiger partial charge in [-0.2, -0.15) is 11.8 Å². The van der Waals surface area contributed by atoms with Crippen LogP contribution in [0, 0.1) is 5.92 Å². The number of benzene rings is 1. The molecule has 0 fully saturated rings. The molecule has 6 heteroatoms. The Morgan fingerprint density at radius 1 is 1.28 bits per heavy atom. The van der Waals surface area contributed by atoms with E-state index in [0.29, 0.717) is 18.9 Å². The third kappa shape index (κ3) is 8.82. The van der Waals surface area contributed by atoms with Gasteiger partial charge >= 0.3 is 0 Å². The fourth-order valence-corrected chi connectivity index (χ4v) is 2.33. The van der Waals surface area contributed by atoms with Crippen molar-refractivity contribution in [1.82, 2.24) is 10.6 Å². The van der Waals surface area contributed by atoms with Crippen molar-refractivity contribution < 1.29 is 4.79 Å². The number of thioether (sulfide) groups is 1. The summed E-state index contributed by atoms with van der Waals surface area (Å²) in [4.78, 5) is 16.2. The van der Waals surface area contributed by atoms with Gasteiger partial charge in [0.25, 0.3) is 0 Å². The first-order chi connectivity index (χ1) is 11.8. The molecule has 0 saturated heterocycles. The monoisotopic (exact) mass is 364 g/mol. The van der Waals surface area contributed by atoms with Gasteiger partial charge in [-0.3, -0.25) is 9.79 Å². The van der Waals surface area contributed by atoms with Gasteiger partial charge < -0.3 is 16.0 Å². The SMILES string of the molecule is CN=C(NCc1cccc(NC(=O)CC(C)C)c1)NCC(C)(C)SC. The van der Waals surface area contributed by atoms with Gasteiger partial charge in [-0.1, -0.05) is 26.0 Å². The zero-order valence-corrected chi connectivity index (χ0v) is 17.1. The third-order valence-corrected chi connectivity index (χ3v) is 4.97. The van der Waals surface area contributed by atoms with Crippen LogP contribution >= 0.6 is 11.8 Å². The summed E-state index contributed by atoms with van der Waals surface area (Å²) in [6, 6.07) is 7.89. The third-order valence-electron chi connectivity index (χ3n) is 3.72. The summed E-state index contributed by atoms with van der Waals surface area (Å²) in [5, 5.41) is 9.61. The lowest BCUT2D eigenvalue weighted by Gasteiger charge is -2.23. The minimum Gasteiger partial charge on any atom is -0.355 e. The van der Waals surface area contributed by atoms with Crippen LogP contribution in [0.5, 0.6) is 0 Å². The summed E-state index contributed by atoms with van der Waals surface area (Å²) in [6.45, 7) is 9.95. The van der Waals surface area contributed by atoms with Crippen molar-refractivity contribution in [3.63, 3.8) is 0 Å². The van der Waals surface area contributed by atoms with Crippen molar-refractivity contribution in [3.05, 3.63) is 29.8 Å². The maximum Gasteiger partial charge on any atom is 0.224 e. The molecule has 140 valence electrons. The van der Waals surface area contributed by atoms with E-state index in [9.17, 15) is 4.79 Å². The van der Waals surface area contributed by atoms with Crippen LogP contribution in [0.1, 0.15) is 39.7 Å². The topological polar surface area (TPSA) is 65.5 Å². The second-order valence-corrected chi connectivity index (χ2v) is 8.60. The Morgan fingerprint density at radius 2 is 2.00 bits per heavy atom. The molecule has 0 spiro atoms. The summed E-state index contributed by atoms with van der Waals surface area (Å²) in [5.41, 5.74) is 1.92. The lowest BCUT2D eigenvalue weighted by molar-refractivity contribution is -0.116. The number of nitrogens with zero attached hydrogens (tertiary/aromatic N) is 1. The summed E-state index contributed by atoms with van der Waals surface area (Å²) in [7, 11) is 1.77. The molecular formula is C19H32N4OS. The first-order valence-electron chi connectivity index (χ1n) is 8.64. The molecule has 0 aliphatic heterocycles. The van der Waals surface area contributed by atoms with Crippen molar-refractivity contribution >= 4 is 29.3 Å². The zero-order valence-electron chi connectivity index (χ0n) is 16.3. The van der Waals surface area contributed by atoms with Crippen molar-refractivity contribution in [2.45, 2.75) is 45.4 Å². The van der Waals surface area contributed by atoms with Crippen molar-refractivity contribution in [3.8, 4) is 0 Å². The second kappa shape index (κ2) is 10.3. The van der Waals surface area contributed by atoms with Crippen molar-refractivity contribution in [1.29, 1.82) is 0 Å². The molecule has 5 nitrogen and oxygen atoms in total. The maximum absolute atomic E-state index is 11.9. The number of nitrogens with one attached hydrogen (secondary N) is 3. The average molecular weight is 365 g/mol. The van der Waals surface area contributed by atoms with Crippen LogP contribution < -0.4 is 16.0 Å². The molecule has 0 saturated carbocycles.